The lowest BCUT2D eigenvalue weighted by atomic mass is 10.1. The lowest BCUT2D eigenvalue weighted by molar-refractivity contribution is 0.310. The van der Waals surface area contributed by atoms with Crippen molar-refractivity contribution < 1.29 is 17.9 Å². The normalized spacial score (nSPS) is 12.9. The highest BCUT2D eigenvalue weighted by Gasteiger charge is 2.25. The fourth-order valence-electron chi connectivity index (χ4n) is 3.20. The van der Waals surface area contributed by atoms with Crippen molar-refractivity contribution in [3.8, 4) is 11.5 Å². The summed E-state index contributed by atoms with van der Waals surface area (Å²) in [5.41, 5.74) is 1.16. The molecule has 1 aromatic heterocycles. The Hall–Kier alpha value is -2.45. The summed E-state index contributed by atoms with van der Waals surface area (Å²) < 4.78 is 36.6. The summed E-state index contributed by atoms with van der Waals surface area (Å²) in [7, 11) is -1.89. The third-order valence-corrected chi connectivity index (χ3v) is 5.58. The quantitative estimate of drug-likeness (QED) is 0.629. The molecule has 0 fully saturated rings. The molecular weight excluding hydrogens is 404 g/mol. The summed E-state index contributed by atoms with van der Waals surface area (Å²) in [5, 5.41) is 0.385. The van der Waals surface area contributed by atoms with Crippen molar-refractivity contribution in [1.82, 2.24) is 9.55 Å². The second-order valence-corrected chi connectivity index (χ2v) is 8.98. The van der Waals surface area contributed by atoms with Crippen LogP contribution >= 0.6 is 11.6 Å². The van der Waals surface area contributed by atoms with Gasteiger partial charge in [0.2, 0.25) is 0 Å². The van der Waals surface area contributed by atoms with Crippen molar-refractivity contribution in [1.29, 1.82) is 0 Å². The van der Waals surface area contributed by atoms with E-state index in [1.165, 1.54) is 11.7 Å². The van der Waals surface area contributed by atoms with Gasteiger partial charge in [0.1, 0.15) is 9.84 Å². The number of methoxy groups -OCH3 is 1. The minimum Gasteiger partial charge on any atom is -0.493 e. The number of aromatic nitrogens is 2. The maximum absolute atomic E-state index is 12.7. The smallest absolute Gasteiger partial charge is 0.327 e. The van der Waals surface area contributed by atoms with Crippen LogP contribution in [0.15, 0.2) is 41.2 Å². The summed E-state index contributed by atoms with van der Waals surface area (Å²) in [5.74, 6) is 0.745. The molecule has 0 radical (unpaired) electrons. The van der Waals surface area contributed by atoms with E-state index in [0.29, 0.717) is 39.7 Å². The van der Waals surface area contributed by atoms with Crippen LogP contribution in [0.1, 0.15) is 18.5 Å². The van der Waals surface area contributed by atoms with Crippen molar-refractivity contribution in [2.75, 3.05) is 25.7 Å². The van der Waals surface area contributed by atoms with E-state index >= 15 is 0 Å². The standard InChI is InChI=1S/C19H21ClN2O5S/c1-4-27-17-10-12(8-9-16(17)26-2)15(11-28(3,24)25)22-14-7-5-6-13(20)18(14)21-19(22)23/h5-10,15H,4,11H2,1-3H3,(H,21,23)/t15-/m1/s1. The van der Waals surface area contributed by atoms with E-state index in [0.717, 1.165) is 6.26 Å². The van der Waals surface area contributed by atoms with E-state index in [4.69, 9.17) is 21.1 Å². The molecule has 7 nitrogen and oxygen atoms in total. The number of sulfone groups is 1. The zero-order chi connectivity index (χ0) is 20.5. The number of hydrogen-bond acceptors (Lipinski definition) is 5. The molecule has 28 heavy (non-hydrogen) atoms. The molecule has 0 unspecified atom stereocenters. The predicted molar refractivity (Wildman–Crippen MR) is 110 cm³/mol. The maximum atomic E-state index is 12.7. The van der Waals surface area contributed by atoms with Gasteiger partial charge in [-0.25, -0.2) is 13.2 Å². The number of fused-ring (bicyclic) bond motifs is 1. The molecule has 1 heterocycles. The van der Waals surface area contributed by atoms with Crippen molar-refractivity contribution in [2.45, 2.75) is 13.0 Å². The van der Waals surface area contributed by atoms with E-state index in [-0.39, 0.29) is 5.75 Å². The number of benzene rings is 2. The first-order valence-electron chi connectivity index (χ1n) is 8.62. The molecule has 0 saturated heterocycles. The first kappa shape index (κ1) is 20.3. The van der Waals surface area contributed by atoms with Gasteiger partial charge in [0.15, 0.2) is 11.5 Å². The summed E-state index contributed by atoms with van der Waals surface area (Å²) in [6, 6.07) is 9.46. The molecule has 2 aromatic carbocycles. The number of aromatic amines is 1. The zero-order valence-corrected chi connectivity index (χ0v) is 17.3. The van der Waals surface area contributed by atoms with Crippen LogP contribution in [0.4, 0.5) is 0 Å². The fraction of sp³-hybridized carbons (Fsp3) is 0.316. The number of hydrogen-bond donors (Lipinski definition) is 1. The molecular formula is C19H21ClN2O5S. The van der Waals surface area contributed by atoms with Gasteiger partial charge in [-0.3, -0.25) is 4.57 Å². The average molecular weight is 425 g/mol. The van der Waals surface area contributed by atoms with Crippen LogP contribution in [0, 0.1) is 0 Å². The van der Waals surface area contributed by atoms with Crippen molar-refractivity contribution in [3.63, 3.8) is 0 Å². The van der Waals surface area contributed by atoms with E-state index < -0.39 is 21.6 Å². The van der Waals surface area contributed by atoms with Crippen LogP contribution in [0.3, 0.4) is 0 Å². The fourth-order valence-corrected chi connectivity index (χ4v) is 4.33. The third kappa shape index (κ3) is 4.02. The number of para-hydroxylation sites is 1. The van der Waals surface area contributed by atoms with Gasteiger partial charge in [-0.15, -0.1) is 0 Å². The van der Waals surface area contributed by atoms with Crippen LogP contribution < -0.4 is 15.2 Å². The summed E-state index contributed by atoms with van der Waals surface area (Å²) in [6.45, 7) is 2.26. The number of nitrogens with one attached hydrogen (secondary N) is 1. The van der Waals surface area contributed by atoms with Crippen molar-refractivity contribution in [2.24, 2.45) is 0 Å². The SMILES string of the molecule is CCOc1cc([C@@H](CS(C)(=O)=O)n2c(=O)[nH]c3c(Cl)cccc32)ccc1OC. The molecule has 1 atom stereocenters. The van der Waals surface area contributed by atoms with Gasteiger partial charge in [-0.1, -0.05) is 23.7 Å². The molecule has 3 rings (SSSR count). The van der Waals surface area contributed by atoms with Crippen LogP contribution in [0.2, 0.25) is 5.02 Å². The maximum Gasteiger partial charge on any atom is 0.327 e. The van der Waals surface area contributed by atoms with E-state index in [9.17, 15) is 13.2 Å². The first-order valence-corrected chi connectivity index (χ1v) is 11.1. The number of nitrogens with zero attached hydrogens (tertiary/aromatic N) is 1. The molecule has 3 aromatic rings. The average Bonchev–Trinajstić information content (AvgIpc) is 2.96. The van der Waals surface area contributed by atoms with Gasteiger partial charge >= 0.3 is 5.69 Å². The second-order valence-electron chi connectivity index (χ2n) is 6.39. The summed E-state index contributed by atoms with van der Waals surface area (Å²) >= 11 is 6.19. The third-order valence-electron chi connectivity index (χ3n) is 4.35. The highest BCUT2D eigenvalue weighted by atomic mass is 35.5. The predicted octanol–water partition coefficient (Wildman–Crippen LogP) is 3.02. The Bertz CT molecular complexity index is 1170. The van der Waals surface area contributed by atoms with Gasteiger partial charge in [-0.05, 0) is 36.8 Å². The number of ether oxygens (including phenoxy) is 2. The molecule has 0 aliphatic carbocycles. The van der Waals surface area contributed by atoms with Crippen LogP contribution in [0.5, 0.6) is 11.5 Å². The minimum atomic E-state index is -3.41. The van der Waals surface area contributed by atoms with Crippen molar-refractivity contribution >= 4 is 32.5 Å². The minimum absolute atomic E-state index is 0.260. The van der Waals surface area contributed by atoms with E-state index in [1.54, 1.807) is 36.4 Å². The number of H-pyrrole nitrogens is 1. The van der Waals surface area contributed by atoms with E-state index in [1.807, 2.05) is 6.92 Å². The van der Waals surface area contributed by atoms with Crippen LogP contribution in [-0.4, -0.2) is 43.7 Å². The van der Waals surface area contributed by atoms with Crippen LogP contribution in [0.25, 0.3) is 11.0 Å². The number of rotatable bonds is 7. The Morgan fingerprint density at radius 1 is 1.21 bits per heavy atom. The molecule has 0 bridgehead atoms. The monoisotopic (exact) mass is 424 g/mol. The van der Waals surface area contributed by atoms with E-state index in [2.05, 4.69) is 4.98 Å². The van der Waals surface area contributed by atoms with Gasteiger partial charge in [0.25, 0.3) is 0 Å². The zero-order valence-electron chi connectivity index (χ0n) is 15.7. The largest absolute Gasteiger partial charge is 0.493 e. The molecule has 0 aliphatic heterocycles. The Balaban J connectivity index is 2.25. The van der Waals surface area contributed by atoms with Crippen LogP contribution in [-0.2, 0) is 9.84 Å². The highest BCUT2D eigenvalue weighted by Crippen LogP contribution is 2.33. The highest BCUT2D eigenvalue weighted by molar-refractivity contribution is 7.90. The van der Waals surface area contributed by atoms with Gasteiger partial charge in [0, 0.05) is 6.26 Å². The van der Waals surface area contributed by atoms with Gasteiger partial charge < -0.3 is 14.5 Å². The molecule has 0 spiro atoms. The molecule has 0 aliphatic rings. The lowest BCUT2D eigenvalue weighted by Crippen LogP contribution is -2.28. The molecule has 9 heteroatoms. The lowest BCUT2D eigenvalue weighted by Gasteiger charge is -2.20. The molecule has 0 saturated carbocycles. The Kier molecular flexibility index (Phi) is 5.71. The molecule has 0 amide bonds. The topological polar surface area (TPSA) is 90.4 Å². The van der Waals surface area contributed by atoms with Crippen molar-refractivity contribution in [3.05, 3.63) is 57.5 Å². The Morgan fingerprint density at radius 3 is 2.61 bits per heavy atom. The first-order chi connectivity index (χ1) is 13.2. The number of imidazole rings is 1. The Morgan fingerprint density at radius 2 is 1.96 bits per heavy atom. The Labute approximate surface area is 167 Å². The number of halogens is 1. The van der Waals surface area contributed by atoms with Gasteiger partial charge in [0.05, 0.1) is 41.6 Å². The summed E-state index contributed by atoms with van der Waals surface area (Å²) in [6.07, 6.45) is 1.14. The van der Waals surface area contributed by atoms with Gasteiger partial charge in [-0.2, -0.15) is 0 Å². The molecule has 1 N–H and O–H groups in total. The summed E-state index contributed by atoms with van der Waals surface area (Å²) in [4.78, 5) is 15.4. The second kappa shape index (κ2) is 7.89. The molecule has 150 valence electrons.